The van der Waals surface area contributed by atoms with Crippen LogP contribution in [0.2, 0.25) is 0 Å². The molecular weight excluding hydrogens is 388 g/mol. The molecule has 1 aliphatic heterocycles. The fourth-order valence-corrected chi connectivity index (χ4v) is 4.47. The van der Waals surface area contributed by atoms with Crippen molar-refractivity contribution < 1.29 is 19.1 Å². The van der Waals surface area contributed by atoms with Crippen molar-refractivity contribution in [3.05, 3.63) is 59.2 Å². The molecule has 2 aromatic carbocycles. The van der Waals surface area contributed by atoms with Crippen molar-refractivity contribution in [1.29, 1.82) is 0 Å². The van der Waals surface area contributed by atoms with Crippen LogP contribution in [0.1, 0.15) is 47.3 Å². The molecule has 0 radical (unpaired) electrons. The third-order valence-electron chi connectivity index (χ3n) is 5.19. The van der Waals surface area contributed by atoms with Crippen molar-refractivity contribution >= 4 is 35.2 Å². The van der Waals surface area contributed by atoms with Crippen LogP contribution in [-0.4, -0.2) is 29.6 Å². The molecule has 2 atom stereocenters. The van der Waals surface area contributed by atoms with Crippen LogP contribution in [0.4, 0.5) is 5.69 Å². The van der Waals surface area contributed by atoms with E-state index in [2.05, 4.69) is 16.7 Å². The number of benzene rings is 2. The number of hydrogen-bond acceptors (Lipinski definition) is 5. The van der Waals surface area contributed by atoms with Crippen molar-refractivity contribution in [3.63, 3.8) is 0 Å². The number of hydrogen-bond donors (Lipinski definition) is 2. The summed E-state index contributed by atoms with van der Waals surface area (Å²) in [6.07, 6.45) is 1.97. The van der Waals surface area contributed by atoms with Gasteiger partial charge in [0, 0.05) is 4.90 Å². The Labute approximate surface area is 173 Å². The molecule has 7 heteroatoms. The molecule has 0 saturated carbocycles. The topological polar surface area (TPSA) is 84.5 Å². The Bertz CT molecular complexity index is 975. The Kier molecular flexibility index (Phi) is 5.58. The predicted molar refractivity (Wildman–Crippen MR) is 111 cm³/mol. The highest BCUT2D eigenvalue weighted by Gasteiger charge is 2.26. The van der Waals surface area contributed by atoms with Gasteiger partial charge in [0.05, 0.1) is 23.0 Å². The zero-order valence-electron chi connectivity index (χ0n) is 16.1. The van der Waals surface area contributed by atoms with Crippen LogP contribution in [0.5, 0.6) is 0 Å². The molecule has 2 aliphatic rings. The Morgan fingerprint density at radius 2 is 2.07 bits per heavy atom. The maximum Gasteiger partial charge on any atom is 0.338 e. The first-order valence-electron chi connectivity index (χ1n) is 9.67. The molecule has 4 rings (SSSR count). The first-order valence-corrected chi connectivity index (χ1v) is 10.7. The minimum Gasteiger partial charge on any atom is -0.449 e. The monoisotopic (exact) mass is 410 g/mol. The molecule has 0 unspecified atom stereocenters. The van der Waals surface area contributed by atoms with Gasteiger partial charge in [-0.05, 0) is 55.5 Å². The molecule has 1 heterocycles. The van der Waals surface area contributed by atoms with Crippen LogP contribution in [-0.2, 0) is 20.7 Å². The van der Waals surface area contributed by atoms with Crippen molar-refractivity contribution in [2.24, 2.45) is 0 Å². The molecule has 29 heavy (non-hydrogen) atoms. The largest absolute Gasteiger partial charge is 0.449 e. The lowest BCUT2D eigenvalue weighted by Crippen LogP contribution is -2.39. The fourth-order valence-electron chi connectivity index (χ4n) is 3.69. The highest BCUT2D eigenvalue weighted by atomic mass is 32.2. The highest BCUT2D eigenvalue weighted by Crippen LogP contribution is 2.32. The van der Waals surface area contributed by atoms with E-state index in [1.165, 1.54) is 17.3 Å². The van der Waals surface area contributed by atoms with Gasteiger partial charge in [0.1, 0.15) is 0 Å². The molecule has 2 aromatic rings. The molecule has 2 N–H and O–H groups in total. The van der Waals surface area contributed by atoms with Gasteiger partial charge in [-0.1, -0.05) is 24.3 Å². The van der Waals surface area contributed by atoms with E-state index in [0.717, 1.165) is 29.7 Å². The standard InChI is InChI=1S/C22H22N2O4S/c1-13(21(26)24-17-8-4-6-14-5-2-3-7-16(14)17)28-22(27)15-9-10-19-18(11-15)23-20(25)12-29-19/h2-3,5,7,9-11,13,17H,4,6,8,12H2,1H3,(H,23,25)(H,24,26)/t13-,17-/m1/s1. The Morgan fingerprint density at radius 1 is 1.24 bits per heavy atom. The third-order valence-corrected chi connectivity index (χ3v) is 6.26. The van der Waals surface area contributed by atoms with E-state index in [4.69, 9.17) is 4.74 Å². The second-order valence-electron chi connectivity index (χ2n) is 7.25. The van der Waals surface area contributed by atoms with Crippen molar-refractivity contribution in [2.45, 2.75) is 43.2 Å². The SMILES string of the molecule is C[C@@H](OC(=O)c1ccc2c(c1)NC(=O)CS2)C(=O)N[C@@H]1CCCc2ccccc21. The number of rotatable bonds is 4. The number of carbonyl (C=O) groups is 3. The first kappa shape index (κ1) is 19.5. The lowest BCUT2D eigenvalue weighted by molar-refractivity contribution is -0.130. The maximum absolute atomic E-state index is 12.6. The Hall–Kier alpha value is -2.80. The number of fused-ring (bicyclic) bond motifs is 2. The molecule has 0 spiro atoms. The minimum atomic E-state index is -0.920. The zero-order chi connectivity index (χ0) is 20.4. The average Bonchev–Trinajstić information content (AvgIpc) is 2.73. The van der Waals surface area contributed by atoms with E-state index in [0.29, 0.717) is 17.0 Å². The smallest absolute Gasteiger partial charge is 0.338 e. The molecule has 2 amide bonds. The number of ether oxygens (including phenoxy) is 1. The van der Waals surface area contributed by atoms with Gasteiger partial charge in [-0.15, -0.1) is 11.8 Å². The number of aryl methyl sites for hydroxylation is 1. The molecule has 6 nitrogen and oxygen atoms in total. The van der Waals surface area contributed by atoms with Crippen molar-refractivity contribution in [3.8, 4) is 0 Å². The summed E-state index contributed by atoms with van der Waals surface area (Å²) in [5.41, 5.74) is 3.28. The minimum absolute atomic E-state index is 0.0652. The van der Waals surface area contributed by atoms with Gasteiger partial charge in [-0.25, -0.2) is 4.79 Å². The van der Waals surface area contributed by atoms with Gasteiger partial charge in [0.2, 0.25) is 5.91 Å². The van der Waals surface area contributed by atoms with Crippen LogP contribution in [0.3, 0.4) is 0 Å². The van der Waals surface area contributed by atoms with Crippen LogP contribution < -0.4 is 10.6 Å². The molecule has 1 aliphatic carbocycles. The summed E-state index contributed by atoms with van der Waals surface area (Å²) >= 11 is 1.42. The number of esters is 1. The van der Waals surface area contributed by atoms with Crippen LogP contribution in [0.25, 0.3) is 0 Å². The van der Waals surface area contributed by atoms with Gasteiger partial charge < -0.3 is 15.4 Å². The summed E-state index contributed by atoms with van der Waals surface area (Å²) in [5, 5.41) is 5.76. The Morgan fingerprint density at radius 3 is 2.93 bits per heavy atom. The maximum atomic E-state index is 12.6. The molecule has 0 saturated heterocycles. The molecule has 0 bridgehead atoms. The predicted octanol–water partition coefficient (Wildman–Crippen LogP) is 3.47. The summed E-state index contributed by atoms with van der Waals surface area (Å²) in [6, 6.07) is 13.0. The number of nitrogens with one attached hydrogen (secondary N) is 2. The highest BCUT2D eigenvalue weighted by molar-refractivity contribution is 8.00. The lowest BCUT2D eigenvalue weighted by Gasteiger charge is -2.27. The van der Waals surface area contributed by atoms with E-state index in [-0.39, 0.29) is 17.9 Å². The van der Waals surface area contributed by atoms with Crippen LogP contribution >= 0.6 is 11.8 Å². The normalized spacial score (nSPS) is 18.7. The van der Waals surface area contributed by atoms with Gasteiger partial charge in [-0.2, -0.15) is 0 Å². The van der Waals surface area contributed by atoms with Crippen molar-refractivity contribution in [2.75, 3.05) is 11.1 Å². The number of anilines is 1. The Balaban J connectivity index is 1.40. The van der Waals surface area contributed by atoms with E-state index < -0.39 is 12.1 Å². The van der Waals surface area contributed by atoms with Gasteiger partial charge in [0.25, 0.3) is 5.91 Å². The quantitative estimate of drug-likeness (QED) is 0.754. The van der Waals surface area contributed by atoms with E-state index in [1.54, 1.807) is 25.1 Å². The molecule has 0 aromatic heterocycles. The molecular formula is C22H22N2O4S. The van der Waals surface area contributed by atoms with E-state index in [9.17, 15) is 14.4 Å². The van der Waals surface area contributed by atoms with Crippen molar-refractivity contribution in [1.82, 2.24) is 5.32 Å². The van der Waals surface area contributed by atoms with Gasteiger partial charge in [-0.3, -0.25) is 9.59 Å². The summed E-state index contributed by atoms with van der Waals surface area (Å²) in [5.74, 6) is -0.655. The third kappa shape index (κ3) is 4.29. The summed E-state index contributed by atoms with van der Waals surface area (Å²) in [6.45, 7) is 1.57. The lowest BCUT2D eigenvalue weighted by atomic mass is 9.87. The second kappa shape index (κ2) is 8.29. The summed E-state index contributed by atoms with van der Waals surface area (Å²) in [4.78, 5) is 37.6. The number of amides is 2. The second-order valence-corrected chi connectivity index (χ2v) is 8.26. The fraction of sp³-hybridized carbons (Fsp3) is 0.318. The van der Waals surface area contributed by atoms with Gasteiger partial charge in [0.15, 0.2) is 6.10 Å². The first-order chi connectivity index (χ1) is 14.0. The van der Waals surface area contributed by atoms with Gasteiger partial charge >= 0.3 is 5.97 Å². The average molecular weight is 410 g/mol. The summed E-state index contributed by atoms with van der Waals surface area (Å²) < 4.78 is 5.38. The van der Waals surface area contributed by atoms with Crippen LogP contribution in [0.15, 0.2) is 47.4 Å². The number of thioether (sulfide) groups is 1. The van der Waals surface area contributed by atoms with E-state index in [1.807, 2.05) is 18.2 Å². The summed E-state index contributed by atoms with van der Waals surface area (Å²) in [7, 11) is 0. The molecule has 0 fully saturated rings. The number of carbonyl (C=O) groups excluding carboxylic acids is 3. The van der Waals surface area contributed by atoms with E-state index >= 15 is 0 Å². The van der Waals surface area contributed by atoms with Crippen LogP contribution in [0, 0.1) is 0 Å². The molecule has 150 valence electrons. The zero-order valence-corrected chi connectivity index (χ0v) is 16.9.